The maximum absolute atomic E-state index is 12.4. The van der Waals surface area contributed by atoms with Gasteiger partial charge < -0.3 is 10.2 Å². The van der Waals surface area contributed by atoms with Crippen LogP contribution in [0.3, 0.4) is 0 Å². The van der Waals surface area contributed by atoms with Crippen molar-refractivity contribution in [1.29, 1.82) is 0 Å². The Kier molecular flexibility index (Phi) is 4.89. The van der Waals surface area contributed by atoms with Crippen molar-refractivity contribution in [3.63, 3.8) is 0 Å². The number of rotatable bonds is 3. The van der Waals surface area contributed by atoms with E-state index in [1.54, 1.807) is 24.5 Å². The fraction of sp³-hybridized carbons (Fsp3) is 0.412. The Balaban J connectivity index is 1.55. The third kappa shape index (κ3) is 3.62. The van der Waals surface area contributed by atoms with E-state index in [0.29, 0.717) is 23.5 Å². The van der Waals surface area contributed by atoms with Crippen LogP contribution in [0.4, 0.5) is 0 Å². The molecule has 0 aliphatic carbocycles. The summed E-state index contributed by atoms with van der Waals surface area (Å²) in [6.07, 6.45) is 4.78. The maximum Gasteiger partial charge on any atom is 0.263 e. The molecule has 0 atom stereocenters. The largest absolute Gasteiger partial charge is 0.348 e. The van der Waals surface area contributed by atoms with Gasteiger partial charge in [-0.15, -0.1) is 11.3 Å². The molecule has 0 aromatic carbocycles. The van der Waals surface area contributed by atoms with Crippen molar-refractivity contribution in [2.45, 2.75) is 32.7 Å². The number of nitrogens with zero attached hydrogens (tertiary/aromatic N) is 3. The molecule has 7 heteroatoms. The van der Waals surface area contributed by atoms with Gasteiger partial charge in [0.25, 0.3) is 11.8 Å². The number of aryl methyl sites for hydroxylation is 2. The van der Waals surface area contributed by atoms with E-state index in [1.807, 2.05) is 18.7 Å². The fourth-order valence-corrected chi connectivity index (χ4v) is 3.72. The molecule has 0 spiro atoms. The van der Waals surface area contributed by atoms with Crippen molar-refractivity contribution in [3.8, 4) is 0 Å². The van der Waals surface area contributed by atoms with Crippen LogP contribution in [0.1, 0.15) is 43.6 Å². The van der Waals surface area contributed by atoms with Crippen LogP contribution in [0.15, 0.2) is 24.5 Å². The molecule has 1 saturated heterocycles. The van der Waals surface area contributed by atoms with Gasteiger partial charge in [-0.1, -0.05) is 0 Å². The molecule has 0 unspecified atom stereocenters. The molecule has 3 rings (SSSR count). The molecule has 1 N–H and O–H groups in total. The highest BCUT2D eigenvalue weighted by Crippen LogP contribution is 2.19. The predicted molar refractivity (Wildman–Crippen MR) is 92.2 cm³/mol. The number of likely N-dealkylation sites (tertiary alicyclic amines) is 1. The van der Waals surface area contributed by atoms with Gasteiger partial charge in [0.05, 0.1) is 10.7 Å². The summed E-state index contributed by atoms with van der Waals surface area (Å²) in [5.41, 5.74) is 1.43. The number of nitrogens with one attached hydrogen (secondary N) is 1. The second-order valence-electron chi connectivity index (χ2n) is 5.92. The van der Waals surface area contributed by atoms with Crippen LogP contribution >= 0.6 is 11.3 Å². The van der Waals surface area contributed by atoms with E-state index in [4.69, 9.17) is 0 Å². The molecule has 0 bridgehead atoms. The van der Waals surface area contributed by atoms with Crippen LogP contribution in [0.2, 0.25) is 0 Å². The smallest absolute Gasteiger partial charge is 0.263 e. The van der Waals surface area contributed by atoms with Crippen LogP contribution in [-0.2, 0) is 0 Å². The summed E-state index contributed by atoms with van der Waals surface area (Å²) in [5, 5.41) is 3.97. The predicted octanol–water partition coefficient (Wildman–Crippen LogP) is 2.19. The number of carbonyl (C=O) groups is 2. The number of pyridine rings is 1. The SMILES string of the molecule is Cc1nc(C)c(C(=O)NC2CCN(C(=O)c3ccncc3)CC2)s1. The van der Waals surface area contributed by atoms with Gasteiger partial charge in [-0.25, -0.2) is 4.98 Å². The van der Waals surface area contributed by atoms with Gasteiger partial charge in [0.1, 0.15) is 4.88 Å². The molecular weight excluding hydrogens is 324 g/mol. The Morgan fingerprint density at radius 2 is 1.88 bits per heavy atom. The standard InChI is InChI=1S/C17H20N4O2S/c1-11-15(24-12(2)19-11)16(22)20-14-5-9-21(10-6-14)17(23)13-3-7-18-8-4-13/h3-4,7-8,14H,5-6,9-10H2,1-2H3,(H,20,22). The van der Waals surface area contributed by atoms with Gasteiger partial charge in [0.15, 0.2) is 0 Å². The molecule has 1 fully saturated rings. The Morgan fingerprint density at radius 1 is 1.21 bits per heavy atom. The zero-order chi connectivity index (χ0) is 17.1. The van der Waals surface area contributed by atoms with E-state index >= 15 is 0 Å². The topological polar surface area (TPSA) is 75.2 Å². The van der Waals surface area contributed by atoms with Crippen LogP contribution < -0.4 is 5.32 Å². The minimum atomic E-state index is -0.0583. The third-order valence-corrected chi connectivity index (χ3v) is 5.23. The number of amides is 2. The molecular formula is C17H20N4O2S. The zero-order valence-corrected chi connectivity index (χ0v) is 14.6. The summed E-state index contributed by atoms with van der Waals surface area (Å²) in [5.74, 6) is -0.0342. The Bertz CT molecular complexity index is 736. The molecule has 24 heavy (non-hydrogen) atoms. The van der Waals surface area contributed by atoms with Crippen molar-refractivity contribution in [1.82, 2.24) is 20.2 Å². The first-order chi connectivity index (χ1) is 11.5. The van der Waals surface area contributed by atoms with E-state index in [9.17, 15) is 9.59 Å². The van der Waals surface area contributed by atoms with Crippen LogP contribution in [0, 0.1) is 13.8 Å². The average molecular weight is 344 g/mol. The van der Waals surface area contributed by atoms with Gasteiger partial charge in [-0.3, -0.25) is 14.6 Å². The summed E-state index contributed by atoms with van der Waals surface area (Å²) in [6, 6.07) is 3.55. The summed E-state index contributed by atoms with van der Waals surface area (Å²) < 4.78 is 0. The fourth-order valence-electron chi connectivity index (χ4n) is 2.90. The second kappa shape index (κ2) is 7.09. The van der Waals surface area contributed by atoms with E-state index in [2.05, 4.69) is 15.3 Å². The Hall–Kier alpha value is -2.28. The molecule has 1 aliphatic heterocycles. The third-order valence-electron chi connectivity index (χ3n) is 4.15. The Labute approximate surface area is 144 Å². The summed E-state index contributed by atoms with van der Waals surface area (Å²) >= 11 is 1.42. The first-order valence-corrected chi connectivity index (χ1v) is 8.80. The monoisotopic (exact) mass is 344 g/mol. The normalized spacial score (nSPS) is 15.3. The molecule has 126 valence electrons. The lowest BCUT2D eigenvalue weighted by atomic mass is 10.0. The van der Waals surface area contributed by atoms with Crippen LogP contribution in [0.5, 0.6) is 0 Å². The van der Waals surface area contributed by atoms with Gasteiger partial charge in [0.2, 0.25) is 0 Å². The maximum atomic E-state index is 12.4. The van der Waals surface area contributed by atoms with Crippen molar-refractivity contribution in [2.75, 3.05) is 13.1 Å². The number of carbonyl (C=O) groups excluding carboxylic acids is 2. The first kappa shape index (κ1) is 16.6. The molecule has 2 aromatic heterocycles. The number of aromatic nitrogens is 2. The summed E-state index contributed by atoms with van der Waals surface area (Å²) in [6.45, 7) is 5.05. The van der Waals surface area contributed by atoms with Crippen molar-refractivity contribution in [3.05, 3.63) is 45.7 Å². The van der Waals surface area contributed by atoms with Gasteiger partial charge in [-0.05, 0) is 38.8 Å². The highest BCUT2D eigenvalue weighted by molar-refractivity contribution is 7.13. The highest BCUT2D eigenvalue weighted by atomic mass is 32.1. The van der Waals surface area contributed by atoms with Gasteiger partial charge in [0, 0.05) is 37.1 Å². The van der Waals surface area contributed by atoms with Gasteiger partial charge in [-0.2, -0.15) is 0 Å². The lowest BCUT2D eigenvalue weighted by Crippen LogP contribution is -2.46. The van der Waals surface area contributed by atoms with E-state index in [-0.39, 0.29) is 17.9 Å². The lowest BCUT2D eigenvalue weighted by Gasteiger charge is -2.32. The quantitative estimate of drug-likeness (QED) is 0.926. The first-order valence-electron chi connectivity index (χ1n) is 7.99. The minimum absolute atomic E-state index is 0.0242. The lowest BCUT2D eigenvalue weighted by molar-refractivity contribution is 0.0698. The van der Waals surface area contributed by atoms with E-state index in [0.717, 1.165) is 23.5 Å². The Morgan fingerprint density at radius 3 is 2.46 bits per heavy atom. The number of hydrogen-bond donors (Lipinski definition) is 1. The number of hydrogen-bond acceptors (Lipinski definition) is 5. The zero-order valence-electron chi connectivity index (χ0n) is 13.8. The van der Waals surface area contributed by atoms with Crippen molar-refractivity contribution in [2.24, 2.45) is 0 Å². The van der Waals surface area contributed by atoms with Crippen LogP contribution in [-0.4, -0.2) is 45.8 Å². The summed E-state index contributed by atoms with van der Waals surface area (Å²) in [4.78, 5) is 35.5. The molecule has 1 aliphatic rings. The average Bonchev–Trinajstić information content (AvgIpc) is 2.94. The molecule has 6 nitrogen and oxygen atoms in total. The van der Waals surface area contributed by atoms with Crippen molar-refractivity contribution >= 4 is 23.2 Å². The van der Waals surface area contributed by atoms with Crippen molar-refractivity contribution < 1.29 is 9.59 Å². The minimum Gasteiger partial charge on any atom is -0.348 e. The van der Waals surface area contributed by atoms with Gasteiger partial charge >= 0.3 is 0 Å². The highest BCUT2D eigenvalue weighted by Gasteiger charge is 2.25. The molecule has 3 heterocycles. The summed E-state index contributed by atoms with van der Waals surface area (Å²) in [7, 11) is 0. The van der Waals surface area contributed by atoms with Crippen LogP contribution in [0.25, 0.3) is 0 Å². The number of piperidine rings is 1. The molecule has 2 aromatic rings. The second-order valence-corrected chi connectivity index (χ2v) is 7.13. The van der Waals surface area contributed by atoms with E-state index < -0.39 is 0 Å². The van der Waals surface area contributed by atoms with E-state index in [1.165, 1.54) is 11.3 Å². The molecule has 0 radical (unpaired) electrons. The molecule has 0 saturated carbocycles. The molecule has 2 amide bonds. The number of thiazole rings is 1.